The number of fused-ring (bicyclic) bond motifs is 2. The number of pyridine rings is 1. The maximum atomic E-state index is 13.1. The van der Waals surface area contributed by atoms with E-state index in [1.54, 1.807) is 36.2 Å². The van der Waals surface area contributed by atoms with Crippen molar-refractivity contribution in [2.75, 3.05) is 5.32 Å². The van der Waals surface area contributed by atoms with Gasteiger partial charge in [0, 0.05) is 7.05 Å². The Kier molecular flexibility index (Phi) is 3.51. The number of nitrogens with zero attached hydrogens (tertiary/aromatic N) is 4. The van der Waals surface area contributed by atoms with Gasteiger partial charge in [-0.3, -0.25) is 14.8 Å². The van der Waals surface area contributed by atoms with Gasteiger partial charge in [-0.25, -0.2) is 9.97 Å². The van der Waals surface area contributed by atoms with Crippen molar-refractivity contribution in [3.63, 3.8) is 0 Å². The lowest BCUT2D eigenvalue weighted by molar-refractivity contribution is 0.102. The quantitative estimate of drug-likeness (QED) is 0.503. The van der Waals surface area contributed by atoms with Crippen LogP contribution in [0.15, 0.2) is 53.1 Å². The number of H-pyrrole nitrogens is 1. The van der Waals surface area contributed by atoms with Crippen LogP contribution in [0.25, 0.3) is 33.5 Å². The first-order valence-electron chi connectivity index (χ1n) is 8.74. The van der Waals surface area contributed by atoms with E-state index in [-0.39, 0.29) is 5.91 Å². The zero-order chi connectivity index (χ0) is 19.3. The minimum atomic E-state index is -0.296. The van der Waals surface area contributed by atoms with E-state index >= 15 is 0 Å². The van der Waals surface area contributed by atoms with Gasteiger partial charge in [0.1, 0.15) is 5.69 Å². The second-order valence-corrected chi connectivity index (χ2v) is 6.50. The third-order valence-electron chi connectivity index (χ3n) is 4.61. The number of nitrogens with one attached hydrogen (secondary N) is 2. The summed E-state index contributed by atoms with van der Waals surface area (Å²) in [6.45, 7) is 1.86. The number of rotatable bonds is 3. The van der Waals surface area contributed by atoms with Gasteiger partial charge >= 0.3 is 0 Å². The van der Waals surface area contributed by atoms with Crippen LogP contribution >= 0.6 is 0 Å². The molecule has 1 amide bonds. The normalized spacial score (nSPS) is 11.4. The van der Waals surface area contributed by atoms with E-state index in [9.17, 15) is 4.79 Å². The molecule has 0 bridgehead atoms. The fourth-order valence-electron chi connectivity index (χ4n) is 3.36. The SMILES string of the molecule is Cc1nn(C)c2nc(-c3ccco3)cc(C(=O)Nc3nc4ccccc4[nH]3)c12. The number of furan rings is 1. The van der Waals surface area contributed by atoms with Gasteiger partial charge < -0.3 is 9.40 Å². The second kappa shape index (κ2) is 6.05. The molecule has 8 heteroatoms. The van der Waals surface area contributed by atoms with E-state index < -0.39 is 0 Å². The molecule has 5 aromatic rings. The van der Waals surface area contributed by atoms with Gasteiger partial charge in [0.15, 0.2) is 11.4 Å². The number of para-hydroxylation sites is 2. The van der Waals surface area contributed by atoms with Crippen molar-refractivity contribution in [2.45, 2.75) is 6.92 Å². The molecule has 138 valence electrons. The smallest absolute Gasteiger partial charge is 0.258 e. The van der Waals surface area contributed by atoms with E-state index in [1.807, 2.05) is 31.2 Å². The van der Waals surface area contributed by atoms with Crippen molar-refractivity contribution in [1.29, 1.82) is 0 Å². The van der Waals surface area contributed by atoms with Gasteiger partial charge in [0.05, 0.1) is 33.9 Å². The fourth-order valence-corrected chi connectivity index (χ4v) is 3.36. The number of amides is 1. The number of carbonyl (C=O) groups is 1. The van der Waals surface area contributed by atoms with Crippen molar-refractivity contribution < 1.29 is 9.21 Å². The molecule has 1 aromatic carbocycles. The number of carbonyl (C=O) groups excluding carboxylic acids is 1. The molecule has 0 unspecified atom stereocenters. The van der Waals surface area contributed by atoms with Gasteiger partial charge in [0.2, 0.25) is 5.95 Å². The summed E-state index contributed by atoms with van der Waals surface area (Å²) in [5.74, 6) is 0.672. The molecular formula is C20H16N6O2. The number of hydrogen-bond donors (Lipinski definition) is 2. The number of anilines is 1. The molecule has 8 nitrogen and oxygen atoms in total. The lowest BCUT2D eigenvalue weighted by Crippen LogP contribution is -2.14. The summed E-state index contributed by atoms with van der Waals surface area (Å²) in [6.07, 6.45) is 1.57. The number of hydrogen-bond acceptors (Lipinski definition) is 5. The summed E-state index contributed by atoms with van der Waals surface area (Å²) in [4.78, 5) is 25.3. The van der Waals surface area contributed by atoms with Crippen LogP contribution in [0, 0.1) is 6.92 Å². The molecular weight excluding hydrogens is 356 g/mol. The van der Waals surface area contributed by atoms with E-state index in [1.165, 1.54) is 0 Å². The monoisotopic (exact) mass is 372 g/mol. The van der Waals surface area contributed by atoms with Crippen LogP contribution in [0.3, 0.4) is 0 Å². The van der Waals surface area contributed by atoms with E-state index in [2.05, 4.69) is 25.4 Å². The van der Waals surface area contributed by atoms with Crippen LogP contribution in [-0.2, 0) is 7.05 Å². The van der Waals surface area contributed by atoms with Crippen LogP contribution in [-0.4, -0.2) is 30.6 Å². The zero-order valence-electron chi connectivity index (χ0n) is 15.2. The minimum Gasteiger partial charge on any atom is -0.463 e. The Morgan fingerprint density at radius 3 is 2.82 bits per heavy atom. The van der Waals surface area contributed by atoms with Crippen LogP contribution in [0.5, 0.6) is 0 Å². The molecule has 0 saturated heterocycles. The Hall–Kier alpha value is -3.94. The van der Waals surface area contributed by atoms with Crippen molar-refractivity contribution >= 4 is 33.9 Å². The molecule has 0 spiro atoms. The fraction of sp³-hybridized carbons (Fsp3) is 0.100. The Morgan fingerprint density at radius 2 is 2.04 bits per heavy atom. The summed E-state index contributed by atoms with van der Waals surface area (Å²) < 4.78 is 7.13. The predicted molar refractivity (Wildman–Crippen MR) is 105 cm³/mol. The van der Waals surface area contributed by atoms with E-state index in [0.29, 0.717) is 34.0 Å². The van der Waals surface area contributed by atoms with Crippen molar-refractivity contribution in [3.05, 3.63) is 60.0 Å². The maximum Gasteiger partial charge on any atom is 0.258 e. The predicted octanol–water partition coefficient (Wildman–Crippen LogP) is 3.67. The van der Waals surface area contributed by atoms with Crippen LogP contribution < -0.4 is 5.32 Å². The first-order chi connectivity index (χ1) is 13.6. The third kappa shape index (κ3) is 2.54. The molecule has 2 N–H and O–H groups in total. The molecule has 28 heavy (non-hydrogen) atoms. The summed E-state index contributed by atoms with van der Waals surface area (Å²) in [5, 5.41) is 7.97. The molecule has 0 aliphatic heterocycles. The number of aromatic nitrogens is 5. The Morgan fingerprint density at radius 1 is 1.18 bits per heavy atom. The summed E-state index contributed by atoms with van der Waals surface area (Å²) >= 11 is 0. The van der Waals surface area contributed by atoms with Crippen molar-refractivity contribution in [1.82, 2.24) is 24.7 Å². The highest BCUT2D eigenvalue weighted by Crippen LogP contribution is 2.27. The average Bonchev–Trinajstić information content (AvgIpc) is 3.41. The molecule has 4 heterocycles. The highest BCUT2D eigenvalue weighted by Gasteiger charge is 2.21. The summed E-state index contributed by atoms with van der Waals surface area (Å²) in [7, 11) is 1.80. The van der Waals surface area contributed by atoms with Crippen LogP contribution in [0.2, 0.25) is 0 Å². The van der Waals surface area contributed by atoms with Crippen molar-refractivity contribution in [2.24, 2.45) is 7.05 Å². The molecule has 0 aliphatic carbocycles. The van der Waals surface area contributed by atoms with Gasteiger partial charge in [-0.05, 0) is 37.3 Å². The van der Waals surface area contributed by atoms with Crippen molar-refractivity contribution in [3.8, 4) is 11.5 Å². The molecule has 0 fully saturated rings. The molecule has 5 rings (SSSR count). The minimum absolute atomic E-state index is 0.296. The lowest BCUT2D eigenvalue weighted by Gasteiger charge is -2.07. The number of aryl methyl sites for hydroxylation is 2. The Bertz CT molecular complexity index is 1300. The van der Waals surface area contributed by atoms with Gasteiger partial charge in [-0.2, -0.15) is 5.10 Å². The highest BCUT2D eigenvalue weighted by molar-refractivity contribution is 6.13. The van der Waals surface area contributed by atoms with E-state index in [0.717, 1.165) is 16.7 Å². The molecule has 0 saturated carbocycles. The first kappa shape index (κ1) is 16.2. The van der Waals surface area contributed by atoms with Crippen LogP contribution in [0.4, 0.5) is 5.95 Å². The number of benzene rings is 1. The third-order valence-corrected chi connectivity index (χ3v) is 4.61. The first-order valence-corrected chi connectivity index (χ1v) is 8.74. The largest absolute Gasteiger partial charge is 0.463 e. The van der Waals surface area contributed by atoms with Crippen LogP contribution in [0.1, 0.15) is 16.1 Å². The van der Waals surface area contributed by atoms with Gasteiger partial charge in [-0.1, -0.05) is 12.1 Å². The topological polar surface area (TPSA) is 102 Å². The van der Waals surface area contributed by atoms with Gasteiger partial charge in [-0.15, -0.1) is 0 Å². The Labute approximate surface area is 159 Å². The number of imidazole rings is 1. The lowest BCUT2D eigenvalue weighted by atomic mass is 10.1. The van der Waals surface area contributed by atoms with Gasteiger partial charge in [0.25, 0.3) is 5.91 Å². The standard InChI is InChI=1S/C20H16N6O2/c1-11-17-12(19(27)24-20-22-13-6-3-4-7-14(13)23-20)10-15(16-8-5-9-28-16)21-18(17)26(2)25-11/h3-10H,1-2H3,(H2,22,23,24,27). The highest BCUT2D eigenvalue weighted by atomic mass is 16.3. The summed E-state index contributed by atoms with van der Waals surface area (Å²) in [5.41, 5.74) is 4.00. The summed E-state index contributed by atoms with van der Waals surface area (Å²) in [6, 6.07) is 12.9. The van der Waals surface area contributed by atoms with E-state index in [4.69, 9.17) is 4.42 Å². The number of aromatic amines is 1. The zero-order valence-corrected chi connectivity index (χ0v) is 15.2. The average molecular weight is 372 g/mol. The second-order valence-electron chi connectivity index (χ2n) is 6.50. The maximum absolute atomic E-state index is 13.1. The molecule has 0 atom stereocenters. The Balaban J connectivity index is 1.63. The molecule has 0 radical (unpaired) electrons. The molecule has 0 aliphatic rings. The molecule has 4 aromatic heterocycles.